The summed E-state index contributed by atoms with van der Waals surface area (Å²) in [5.41, 5.74) is -0.865. The number of nitrogens with zero attached hydrogens (tertiary/aromatic N) is 2. The molecule has 2 aromatic rings. The molecule has 0 aliphatic carbocycles. The van der Waals surface area contributed by atoms with Gasteiger partial charge in [0, 0.05) is 13.2 Å². The molecule has 0 spiro atoms. The van der Waals surface area contributed by atoms with Crippen LogP contribution in [0, 0.1) is 29.1 Å². The van der Waals surface area contributed by atoms with Crippen LogP contribution in [0.25, 0.3) is 0 Å². The van der Waals surface area contributed by atoms with Crippen molar-refractivity contribution in [3.05, 3.63) is 52.9 Å². The fourth-order valence-electron chi connectivity index (χ4n) is 1.69. The van der Waals surface area contributed by atoms with Gasteiger partial charge in [0.15, 0.2) is 23.3 Å². The molecule has 118 valence electrons. The molecule has 0 radical (unpaired) electrons. The minimum atomic E-state index is -2.27. The minimum absolute atomic E-state index is 0.295. The Morgan fingerprint density at radius 2 is 1.64 bits per heavy atom. The highest BCUT2D eigenvalue weighted by atomic mass is 19.2. The van der Waals surface area contributed by atoms with Gasteiger partial charge in [0.2, 0.25) is 5.82 Å². The van der Waals surface area contributed by atoms with Crippen LogP contribution in [0.3, 0.4) is 0 Å². The van der Waals surface area contributed by atoms with Crippen molar-refractivity contribution in [1.29, 1.82) is 0 Å². The topological polar surface area (TPSA) is 44.1 Å². The fourth-order valence-corrected chi connectivity index (χ4v) is 1.69. The molecule has 4 nitrogen and oxygen atoms in total. The Labute approximate surface area is 121 Å². The maximum Gasteiger partial charge on any atom is 0.312 e. The number of carbonyl (C=O) groups is 1. The summed E-state index contributed by atoms with van der Waals surface area (Å²) in [5.74, 6) is -11.4. The second kappa shape index (κ2) is 6.12. The molecule has 22 heavy (non-hydrogen) atoms. The van der Waals surface area contributed by atoms with Crippen molar-refractivity contribution < 1.29 is 31.5 Å². The van der Waals surface area contributed by atoms with Gasteiger partial charge in [-0.2, -0.15) is 0 Å². The largest absolute Gasteiger partial charge is 0.460 e. The molecule has 0 aliphatic heterocycles. The molecule has 1 aromatic heterocycles. The summed E-state index contributed by atoms with van der Waals surface area (Å²) in [7, 11) is 1.66. The predicted octanol–water partition coefficient (Wildman–Crippen LogP) is 2.40. The van der Waals surface area contributed by atoms with Crippen LogP contribution >= 0.6 is 0 Å². The van der Waals surface area contributed by atoms with E-state index in [1.807, 2.05) is 0 Å². The Morgan fingerprint density at radius 3 is 2.14 bits per heavy atom. The van der Waals surface area contributed by atoms with Crippen molar-refractivity contribution in [2.24, 2.45) is 7.05 Å². The molecule has 0 saturated carbocycles. The van der Waals surface area contributed by atoms with Crippen molar-refractivity contribution in [2.45, 2.75) is 13.0 Å². The van der Waals surface area contributed by atoms with Crippen LogP contribution in [-0.4, -0.2) is 15.5 Å². The van der Waals surface area contributed by atoms with Crippen LogP contribution in [0.1, 0.15) is 11.3 Å². The smallest absolute Gasteiger partial charge is 0.312 e. The van der Waals surface area contributed by atoms with E-state index in [1.165, 1.54) is 12.5 Å². The van der Waals surface area contributed by atoms with Crippen molar-refractivity contribution in [3.63, 3.8) is 0 Å². The normalized spacial score (nSPS) is 10.8. The zero-order chi connectivity index (χ0) is 16.4. The van der Waals surface area contributed by atoms with Crippen molar-refractivity contribution in [2.75, 3.05) is 0 Å². The molecular weight excluding hydrogens is 311 g/mol. The lowest BCUT2D eigenvalue weighted by Crippen LogP contribution is -2.13. The number of hydrogen-bond acceptors (Lipinski definition) is 3. The Balaban J connectivity index is 2.10. The van der Waals surface area contributed by atoms with Gasteiger partial charge in [-0.3, -0.25) is 4.79 Å². The lowest BCUT2D eigenvalue weighted by molar-refractivity contribution is -0.144. The van der Waals surface area contributed by atoms with E-state index in [2.05, 4.69) is 9.72 Å². The summed E-state index contributed by atoms with van der Waals surface area (Å²) >= 11 is 0. The standard InChI is InChI=1S/C13H9F5N2O2/c1-20-3-6(19-5-20)2-8(21)22-4-7-9(14)11(16)13(18)12(17)10(7)15/h3,5H,2,4H2,1H3. The average Bonchev–Trinajstić information content (AvgIpc) is 2.88. The van der Waals surface area contributed by atoms with E-state index in [9.17, 15) is 26.7 Å². The van der Waals surface area contributed by atoms with Crippen LogP contribution in [-0.2, 0) is 29.6 Å². The summed E-state index contributed by atoms with van der Waals surface area (Å²) in [5, 5.41) is 0. The molecule has 0 amide bonds. The maximum atomic E-state index is 13.4. The van der Waals surface area contributed by atoms with E-state index in [0.29, 0.717) is 5.69 Å². The molecule has 0 atom stereocenters. The van der Waals surface area contributed by atoms with E-state index in [0.717, 1.165) is 0 Å². The predicted molar refractivity (Wildman–Crippen MR) is 62.9 cm³/mol. The minimum Gasteiger partial charge on any atom is -0.460 e. The van der Waals surface area contributed by atoms with E-state index < -0.39 is 47.2 Å². The molecule has 0 saturated heterocycles. The molecule has 0 bridgehead atoms. The first-order valence-electron chi connectivity index (χ1n) is 5.94. The van der Waals surface area contributed by atoms with Gasteiger partial charge in [-0.05, 0) is 0 Å². The number of esters is 1. The number of aromatic nitrogens is 2. The first-order chi connectivity index (χ1) is 10.3. The Hall–Kier alpha value is -2.45. The van der Waals surface area contributed by atoms with Crippen LogP contribution in [0.2, 0.25) is 0 Å². The Morgan fingerprint density at radius 1 is 1.09 bits per heavy atom. The average molecular weight is 320 g/mol. The van der Waals surface area contributed by atoms with Gasteiger partial charge in [-0.1, -0.05) is 0 Å². The lowest BCUT2D eigenvalue weighted by Gasteiger charge is -2.08. The van der Waals surface area contributed by atoms with Gasteiger partial charge in [0.25, 0.3) is 0 Å². The van der Waals surface area contributed by atoms with Crippen molar-refractivity contribution in [3.8, 4) is 0 Å². The van der Waals surface area contributed by atoms with Crippen LogP contribution < -0.4 is 0 Å². The van der Waals surface area contributed by atoms with E-state index >= 15 is 0 Å². The van der Waals surface area contributed by atoms with Crippen LogP contribution in [0.4, 0.5) is 22.0 Å². The lowest BCUT2D eigenvalue weighted by atomic mass is 10.2. The number of halogens is 5. The molecule has 0 aliphatic rings. The third kappa shape index (κ3) is 3.07. The molecule has 2 rings (SSSR count). The number of benzene rings is 1. The highest BCUT2D eigenvalue weighted by Crippen LogP contribution is 2.23. The van der Waals surface area contributed by atoms with Gasteiger partial charge in [0.05, 0.1) is 24.0 Å². The summed E-state index contributed by atoms with van der Waals surface area (Å²) in [6.45, 7) is -1.07. The highest BCUT2D eigenvalue weighted by Gasteiger charge is 2.26. The maximum absolute atomic E-state index is 13.4. The molecule has 1 aromatic carbocycles. The molecule has 0 N–H and O–H groups in total. The Bertz CT molecular complexity index is 700. The van der Waals surface area contributed by atoms with E-state index in [4.69, 9.17) is 0 Å². The third-order valence-electron chi connectivity index (χ3n) is 2.76. The number of carbonyl (C=O) groups excluding carboxylic acids is 1. The third-order valence-corrected chi connectivity index (χ3v) is 2.76. The zero-order valence-corrected chi connectivity index (χ0v) is 11.2. The molecule has 1 heterocycles. The monoisotopic (exact) mass is 320 g/mol. The van der Waals surface area contributed by atoms with Crippen LogP contribution in [0.15, 0.2) is 12.5 Å². The second-order valence-electron chi connectivity index (χ2n) is 4.42. The molecular formula is C13H9F5N2O2. The Kier molecular flexibility index (Phi) is 4.43. The number of hydrogen-bond donors (Lipinski definition) is 0. The van der Waals surface area contributed by atoms with Gasteiger partial charge >= 0.3 is 5.97 Å². The number of aryl methyl sites for hydroxylation is 1. The molecule has 0 fully saturated rings. The molecule has 9 heteroatoms. The van der Waals surface area contributed by atoms with Crippen molar-refractivity contribution in [1.82, 2.24) is 9.55 Å². The summed E-state index contributed by atoms with van der Waals surface area (Å²) < 4.78 is 71.6. The first-order valence-corrected chi connectivity index (χ1v) is 5.94. The summed E-state index contributed by atoms with van der Waals surface area (Å²) in [6, 6.07) is 0. The highest BCUT2D eigenvalue weighted by molar-refractivity contribution is 5.71. The second-order valence-corrected chi connectivity index (χ2v) is 4.42. The fraction of sp³-hybridized carbons (Fsp3) is 0.231. The SMILES string of the molecule is Cn1cnc(CC(=O)OCc2c(F)c(F)c(F)c(F)c2F)c1. The number of ether oxygens (including phenoxy) is 1. The van der Waals surface area contributed by atoms with Gasteiger partial charge in [-0.25, -0.2) is 26.9 Å². The number of imidazole rings is 1. The van der Waals surface area contributed by atoms with Gasteiger partial charge < -0.3 is 9.30 Å². The quantitative estimate of drug-likeness (QED) is 0.376. The van der Waals surface area contributed by atoms with E-state index in [1.54, 1.807) is 11.6 Å². The molecule has 0 unspecified atom stereocenters. The number of rotatable bonds is 4. The van der Waals surface area contributed by atoms with E-state index in [-0.39, 0.29) is 6.42 Å². The zero-order valence-electron chi connectivity index (χ0n) is 11.2. The van der Waals surface area contributed by atoms with Gasteiger partial charge in [0.1, 0.15) is 6.61 Å². The summed E-state index contributed by atoms with van der Waals surface area (Å²) in [4.78, 5) is 15.3. The van der Waals surface area contributed by atoms with Gasteiger partial charge in [-0.15, -0.1) is 0 Å². The van der Waals surface area contributed by atoms with Crippen LogP contribution in [0.5, 0.6) is 0 Å². The summed E-state index contributed by atoms with van der Waals surface area (Å²) in [6.07, 6.45) is 2.64. The first kappa shape index (κ1) is 15.9. The van der Waals surface area contributed by atoms with Crippen molar-refractivity contribution >= 4 is 5.97 Å².